The highest BCUT2D eigenvalue weighted by atomic mass is 16.8. The molecule has 4 saturated heterocycles. The molecule has 0 aromatic carbocycles. The fourth-order valence-corrected chi connectivity index (χ4v) is 11.2. The van der Waals surface area contributed by atoms with Gasteiger partial charge in [0.25, 0.3) is 0 Å². The minimum Gasteiger partial charge on any atom is -0.461 e. The molecular formula is C49H80O14. The maximum absolute atomic E-state index is 14.7. The van der Waals surface area contributed by atoms with Gasteiger partial charge in [-0.2, -0.15) is 0 Å². The summed E-state index contributed by atoms with van der Waals surface area (Å²) >= 11 is 0. The molecule has 5 aliphatic heterocycles. The first kappa shape index (κ1) is 51.6. The van der Waals surface area contributed by atoms with Crippen LogP contribution in [0.2, 0.25) is 0 Å². The molecule has 360 valence electrons. The Balaban J connectivity index is 1.37. The molecule has 5 heterocycles. The number of carbonyl (C=O) groups is 3. The molecule has 14 heteroatoms. The molecule has 63 heavy (non-hydrogen) atoms. The van der Waals surface area contributed by atoms with Crippen molar-refractivity contribution in [1.29, 1.82) is 0 Å². The van der Waals surface area contributed by atoms with Crippen molar-refractivity contribution in [2.45, 2.75) is 199 Å². The minimum atomic E-state index is -1.49. The molecule has 0 aromatic heterocycles. The number of ether oxygens (including phenoxy) is 9. The Kier molecular flexibility index (Phi) is 17.6. The first-order valence-corrected chi connectivity index (χ1v) is 23.9. The van der Waals surface area contributed by atoms with Crippen molar-refractivity contribution >= 4 is 17.9 Å². The van der Waals surface area contributed by atoms with E-state index in [2.05, 4.69) is 20.4 Å². The van der Waals surface area contributed by atoms with Crippen LogP contribution in [-0.2, 0) is 52.2 Å². The highest BCUT2D eigenvalue weighted by Gasteiger charge is 2.64. The zero-order chi connectivity index (χ0) is 46.5. The van der Waals surface area contributed by atoms with E-state index >= 15 is 0 Å². The Hall–Kier alpha value is -2.43. The number of hydrogen-bond donors (Lipinski definition) is 2. The van der Waals surface area contributed by atoms with E-state index in [1.54, 1.807) is 25.2 Å². The number of Topliss-reactive ketones (excluding diaryl/α,β-unsaturated/α-hetero) is 1. The first-order valence-electron chi connectivity index (χ1n) is 23.9. The maximum atomic E-state index is 14.7. The summed E-state index contributed by atoms with van der Waals surface area (Å²) in [6.45, 7) is 23.7. The topological polar surface area (TPSA) is 175 Å². The molecule has 0 saturated carbocycles. The Morgan fingerprint density at radius 3 is 2.25 bits per heavy atom. The number of aliphatic hydroxyl groups excluding tert-OH is 1. The van der Waals surface area contributed by atoms with Crippen molar-refractivity contribution < 1.29 is 67.2 Å². The molecule has 18 atom stereocenters. The van der Waals surface area contributed by atoms with Gasteiger partial charge < -0.3 is 52.8 Å². The fraction of sp³-hybridized carbons (Fsp3) is 0.857. The van der Waals surface area contributed by atoms with Crippen LogP contribution in [0.25, 0.3) is 0 Å². The number of hydrogen-bond acceptors (Lipinski definition) is 14. The quantitative estimate of drug-likeness (QED) is 0.0780. The van der Waals surface area contributed by atoms with Crippen LogP contribution in [0.15, 0.2) is 24.8 Å². The Labute approximate surface area is 376 Å². The Bertz CT molecular complexity index is 1590. The molecule has 5 rings (SSSR count). The average Bonchev–Trinajstić information content (AvgIpc) is 3.60. The molecule has 4 fully saturated rings. The second-order valence-corrected chi connectivity index (χ2v) is 19.7. The number of rotatable bonds is 18. The van der Waals surface area contributed by atoms with Crippen molar-refractivity contribution in [3.63, 3.8) is 0 Å². The van der Waals surface area contributed by atoms with Gasteiger partial charge in [0.15, 0.2) is 11.9 Å². The molecule has 0 aliphatic carbocycles. The standard InChI is InChI=1S/C49H80O14/c1-13-25-56-44(52)35(14-2)37-18-17-29(5)42(59-37)33(9)40(50)32(8)41(51)36(15-3)43-30(6)28-31(7)48(61-43)22-20-39(60-45(53)57-27-26-55-12)49(63-48)24-23-46(11,62-49)38-19-21-47(54,16-4)34(10)58-38/h13,20,22,29-40,42-43,50,54H,1,14-19,21,23-28H2,2-12H3/t29?,30-,31+,32-,33-,34-,35+,36-,37+,38+,39+,40+,42+,43-,46-,47+,48-,49-/m0/s1. The Morgan fingerprint density at radius 1 is 0.905 bits per heavy atom. The van der Waals surface area contributed by atoms with Crippen molar-refractivity contribution in [2.75, 3.05) is 26.9 Å². The summed E-state index contributed by atoms with van der Waals surface area (Å²) in [5.41, 5.74) is -1.80. The highest BCUT2D eigenvalue weighted by Crippen LogP contribution is 2.54. The molecule has 1 unspecified atom stereocenters. The number of ketones is 1. The lowest BCUT2D eigenvalue weighted by atomic mass is 9.72. The second-order valence-electron chi connectivity index (χ2n) is 19.7. The summed E-state index contributed by atoms with van der Waals surface area (Å²) in [6.07, 6.45) is 5.84. The van der Waals surface area contributed by atoms with E-state index < -0.39 is 77.0 Å². The molecule has 0 amide bonds. The lowest BCUT2D eigenvalue weighted by molar-refractivity contribution is -0.408. The molecule has 2 spiro atoms. The van der Waals surface area contributed by atoms with Crippen molar-refractivity contribution in [3.05, 3.63) is 24.8 Å². The van der Waals surface area contributed by atoms with Crippen LogP contribution in [0, 0.1) is 41.4 Å². The number of carbonyl (C=O) groups excluding carboxylic acids is 3. The molecule has 0 radical (unpaired) electrons. The van der Waals surface area contributed by atoms with Gasteiger partial charge in [-0.25, -0.2) is 4.79 Å². The Morgan fingerprint density at radius 2 is 1.62 bits per heavy atom. The van der Waals surface area contributed by atoms with Gasteiger partial charge in [-0.3, -0.25) is 9.59 Å². The lowest BCUT2D eigenvalue weighted by Crippen LogP contribution is -2.63. The van der Waals surface area contributed by atoms with E-state index in [0.29, 0.717) is 57.8 Å². The normalized spacial score (nSPS) is 40.4. The summed E-state index contributed by atoms with van der Waals surface area (Å²) in [7, 11) is 1.52. The van der Waals surface area contributed by atoms with E-state index in [4.69, 9.17) is 42.6 Å². The summed E-state index contributed by atoms with van der Waals surface area (Å²) < 4.78 is 56.1. The van der Waals surface area contributed by atoms with E-state index in [-0.39, 0.29) is 67.6 Å². The highest BCUT2D eigenvalue weighted by molar-refractivity contribution is 5.84. The number of methoxy groups -OCH3 is 1. The third-order valence-corrected chi connectivity index (χ3v) is 15.5. The van der Waals surface area contributed by atoms with Gasteiger partial charge in [0, 0.05) is 37.2 Å². The molecule has 0 aromatic rings. The van der Waals surface area contributed by atoms with Crippen LogP contribution in [0.1, 0.15) is 133 Å². The van der Waals surface area contributed by atoms with E-state index in [1.807, 2.05) is 48.5 Å². The minimum absolute atomic E-state index is 0.00767. The van der Waals surface area contributed by atoms with Crippen LogP contribution in [0.4, 0.5) is 4.79 Å². The number of esters is 1. The summed E-state index contributed by atoms with van der Waals surface area (Å²) in [4.78, 5) is 40.7. The van der Waals surface area contributed by atoms with Gasteiger partial charge in [0.1, 0.15) is 19.0 Å². The summed E-state index contributed by atoms with van der Waals surface area (Å²) in [6, 6.07) is 0. The predicted molar refractivity (Wildman–Crippen MR) is 234 cm³/mol. The predicted octanol–water partition coefficient (Wildman–Crippen LogP) is 7.64. The summed E-state index contributed by atoms with van der Waals surface area (Å²) in [5, 5.41) is 23.2. The van der Waals surface area contributed by atoms with Crippen LogP contribution in [-0.4, -0.2) is 121 Å². The van der Waals surface area contributed by atoms with E-state index in [9.17, 15) is 24.6 Å². The van der Waals surface area contributed by atoms with Crippen LogP contribution >= 0.6 is 0 Å². The molecule has 2 N–H and O–H groups in total. The SMILES string of the molecule is C=CCOC(=O)[C@H](CC)[C@H]1CCC(C)[C@H]([C@@H](C)[C@H](O)[C@H](C)C(=O)[C@H](CC)[C@H]2O[C@]3(C=C[C@@H](OC(=O)OCCOC)[C@]4(CC[C@@](C)([C@H]5CC[C@](O)(CC)[C@H](C)O5)O4)O3)[C@H](C)C[C@@H]2C)O1. The largest absolute Gasteiger partial charge is 0.509 e. The van der Waals surface area contributed by atoms with Crippen molar-refractivity contribution in [3.8, 4) is 0 Å². The fourth-order valence-electron chi connectivity index (χ4n) is 11.2. The average molecular weight is 893 g/mol. The number of aliphatic hydroxyl groups is 2. The van der Waals surface area contributed by atoms with E-state index in [1.165, 1.54) is 7.11 Å². The maximum Gasteiger partial charge on any atom is 0.509 e. The van der Waals surface area contributed by atoms with Gasteiger partial charge in [0.05, 0.1) is 60.4 Å². The first-order chi connectivity index (χ1) is 29.8. The lowest BCUT2D eigenvalue weighted by Gasteiger charge is -2.54. The van der Waals surface area contributed by atoms with Gasteiger partial charge >= 0.3 is 12.1 Å². The van der Waals surface area contributed by atoms with Gasteiger partial charge in [0.2, 0.25) is 5.79 Å². The zero-order valence-corrected chi connectivity index (χ0v) is 40.0. The van der Waals surface area contributed by atoms with Crippen molar-refractivity contribution in [1.82, 2.24) is 0 Å². The zero-order valence-electron chi connectivity index (χ0n) is 40.0. The smallest absolute Gasteiger partial charge is 0.461 e. The monoisotopic (exact) mass is 893 g/mol. The van der Waals surface area contributed by atoms with E-state index in [0.717, 1.165) is 6.42 Å². The molecule has 14 nitrogen and oxygen atoms in total. The van der Waals surface area contributed by atoms with Crippen LogP contribution in [0.5, 0.6) is 0 Å². The van der Waals surface area contributed by atoms with Crippen LogP contribution < -0.4 is 0 Å². The van der Waals surface area contributed by atoms with Gasteiger partial charge in [-0.1, -0.05) is 68.0 Å². The van der Waals surface area contributed by atoms with Gasteiger partial charge in [-0.05, 0) is 95.6 Å². The second kappa shape index (κ2) is 21.5. The van der Waals surface area contributed by atoms with Crippen LogP contribution in [0.3, 0.4) is 0 Å². The third kappa shape index (κ3) is 10.9. The molecule has 0 bridgehead atoms. The molecule has 5 aliphatic rings. The van der Waals surface area contributed by atoms with Crippen molar-refractivity contribution in [2.24, 2.45) is 41.4 Å². The summed E-state index contributed by atoms with van der Waals surface area (Å²) in [5.74, 6) is -5.56. The van der Waals surface area contributed by atoms with Gasteiger partial charge in [-0.15, -0.1) is 0 Å². The molecular weight excluding hydrogens is 813 g/mol. The third-order valence-electron chi connectivity index (χ3n) is 15.5.